The number of piperazine rings is 1. The highest BCUT2D eigenvalue weighted by atomic mass is 35.5. The number of benzene rings is 1. The van der Waals surface area contributed by atoms with E-state index < -0.39 is 0 Å². The van der Waals surface area contributed by atoms with Gasteiger partial charge in [-0.2, -0.15) is 0 Å². The van der Waals surface area contributed by atoms with Gasteiger partial charge in [-0.15, -0.1) is 12.4 Å². The Hall–Kier alpha value is -2.11. The van der Waals surface area contributed by atoms with E-state index in [0.717, 1.165) is 42.9 Å². The zero-order valence-electron chi connectivity index (χ0n) is 14.6. The van der Waals surface area contributed by atoms with E-state index in [0.29, 0.717) is 13.0 Å². The lowest BCUT2D eigenvalue weighted by Crippen LogP contribution is -2.49. The van der Waals surface area contributed by atoms with Crippen LogP contribution < -0.4 is 10.1 Å². The molecule has 26 heavy (non-hydrogen) atoms. The number of amides is 1. The van der Waals surface area contributed by atoms with Gasteiger partial charge in [-0.3, -0.25) is 9.78 Å². The monoisotopic (exact) mass is 373 g/mol. The molecule has 2 aromatic rings. The standard InChI is InChI=1S/C20H23N3O2.ClH/c24-20(12-15-7-11-25-19-6-2-1-5-17(15)19)23-10-9-22-14-18(23)16-4-3-8-21-13-16;/h1-6,8,13,15,18,22H,7,9-12,14H2;1H. The van der Waals surface area contributed by atoms with Crippen LogP contribution in [0, 0.1) is 0 Å². The highest BCUT2D eigenvalue weighted by Gasteiger charge is 2.31. The van der Waals surface area contributed by atoms with Crippen molar-refractivity contribution in [2.45, 2.75) is 24.8 Å². The number of nitrogens with zero attached hydrogens (tertiary/aromatic N) is 2. The summed E-state index contributed by atoms with van der Waals surface area (Å²) in [5.41, 5.74) is 2.26. The van der Waals surface area contributed by atoms with Gasteiger partial charge in [0.1, 0.15) is 5.75 Å². The Morgan fingerprint density at radius 2 is 2.15 bits per heavy atom. The number of hydrogen-bond acceptors (Lipinski definition) is 4. The SMILES string of the molecule is Cl.O=C(CC1CCOc2ccccc21)N1CCNCC1c1cccnc1. The summed E-state index contributed by atoms with van der Waals surface area (Å²) in [5.74, 6) is 1.38. The van der Waals surface area contributed by atoms with Crippen LogP contribution >= 0.6 is 12.4 Å². The minimum Gasteiger partial charge on any atom is -0.493 e. The van der Waals surface area contributed by atoms with Crippen molar-refractivity contribution in [1.29, 1.82) is 0 Å². The molecule has 4 rings (SSSR count). The van der Waals surface area contributed by atoms with E-state index >= 15 is 0 Å². The maximum Gasteiger partial charge on any atom is 0.223 e. The van der Waals surface area contributed by atoms with Crippen molar-refractivity contribution < 1.29 is 9.53 Å². The molecule has 2 aliphatic heterocycles. The fourth-order valence-electron chi connectivity index (χ4n) is 3.83. The number of halogens is 1. The molecule has 1 N–H and O–H groups in total. The van der Waals surface area contributed by atoms with Crippen LogP contribution in [0.25, 0.3) is 0 Å². The number of hydrogen-bond donors (Lipinski definition) is 1. The molecule has 2 aliphatic rings. The fraction of sp³-hybridized carbons (Fsp3) is 0.400. The van der Waals surface area contributed by atoms with Gasteiger partial charge >= 0.3 is 0 Å². The van der Waals surface area contributed by atoms with Crippen LogP contribution in [0.5, 0.6) is 5.75 Å². The molecule has 2 unspecified atom stereocenters. The molecule has 138 valence electrons. The maximum atomic E-state index is 13.1. The molecule has 6 heteroatoms. The van der Waals surface area contributed by atoms with Crippen LogP contribution in [0.4, 0.5) is 0 Å². The van der Waals surface area contributed by atoms with Crippen molar-refractivity contribution in [3.05, 3.63) is 59.9 Å². The Bertz CT molecular complexity index is 741. The minimum absolute atomic E-state index is 0. The van der Waals surface area contributed by atoms with Crippen LogP contribution in [-0.4, -0.2) is 42.0 Å². The molecule has 1 aromatic carbocycles. The smallest absolute Gasteiger partial charge is 0.223 e. The van der Waals surface area contributed by atoms with E-state index in [-0.39, 0.29) is 30.3 Å². The number of fused-ring (bicyclic) bond motifs is 1. The Labute approximate surface area is 160 Å². The van der Waals surface area contributed by atoms with Gasteiger partial charge < -0.3 is 15.0 Å². The fourth-order valence-corrected chi connectivity index (χ4v) is 3.83. The number of aromatic nitrogens is 1. The predicted molar refractivity (Wildman–Crippen MR) is 103 cm³/mol. The lowest BCUT2D eigenvalue weighted by atomic mass is 9.89. The predicted octanol–water partition coefficient (Wildman–Crippen LogP) is 2.93. The van der Waals surface area contributed by atoms with Gasteiger partial charge in [-0.05, 0) is 35.6 Å². The van der Waals surface area contributed by atoms with E-state index in [1.54, 1.807) is 6.20 Å². The first-order valence-electron chi connectivity index (χ1n) is 8.95. The van der Waals surface area contributed by atoms with E-state index in [2.05, 4.69) is 22.4 Å². The second kappa shape index (κ2) is 8.52. The topological polar surface area (TPSA) is 54.5 Å². The van der Waals surface area contributed by atoms with E-state index in [1.165, 1.54) is 0 Å². The van der Waals surface area contributed by atoms with Crippen LogP contribution in [0.3, 0.4) is 0 Å². The first kappa shape index (κ1) is 18.7. The maximum absolute atomic E-state index is 13.1. The molecule has 0 spiro atoms. The average molecular weight is 374 g/mol. The van der Waals surface area contributed by atoms with E-state index in [4.69, 9.17) is 4.74 Å². The second-order valence-electron chi connectivity index (χ2n) is 6.67. The Kier molecular flexibility index (Phi) is 6.12. The van der Waals surface area contributed by atoms with Gasteiger partial charge in [0.25, 0.3) is 0 Å². The highest BCUT2D eigenvalue weighted by molar-refractivity contribution is 5.85. The zero-order chi connectivity index (χ0) is 17.1. The van der Waals surface area contributed by atoms with Crippen LogP contribution in [0.1, 0.15) is 35.9 Å². The summed E-state index contributed by atoms with van der Waals surface area (Å²) in [6, 6.07) is 12.1. The van der Waals surface area contributed by atoms with Crippen LogP contribution in [-0.2, 0) is 4.79 Å². The Morgan fingerprint density at radius 1 is 1.27 bits per heavy atom. The summed E-state index contributed by atoms with van der Waals surface area (Å²) < 4.78 is 5.73. The summed E-state index contributed by atoms with van der Waals surface area (Å²) in [6.07, 6.45) is 5.07. The molecule has 2 atom stereocenters. The summed E-state index contributed by atoms with van der Waals surface area (Å²) in [5, 5.41) is 3.40. The normalized spacial score (nSPS) is 21.9. The van der Waals surface area contributed by atoms with Crippen LogP contribution in [0.15, 0.2) is 48.8 Å². The van der Waals surface area contributed by atoms with Crippen molar-refractivity contribution in [3.8, 4) is 5.75 Å². The molecule has 1 fully saturated rings. The molecule has 0 radical (unpaired) electrons. The molecular formula is C20H24ClN3O2. The molecular weight excluding hydrogens is 350 g/mol. The van der Waals surface area contributed by atoms with Gasteiger partial charge in [0, 0.05) is 38.4 Å². The van der Waals surface area contributed by atoms with Crippen LogP contribution in [0.2, 0.25) is 0 Å². The largest absolute Gasteiger partial charge is 0.493 e. The van der Waals surface area contributed by atoms with Crippen molar-refractivity contribution in [1.82, 2.24) is 15.2 Å². The highest BCUT2D eigenvalue weighted by Crippen LogP contribution is 2.36. The number of carbonyl (C=O) groups is 1. The number of para-hydroxylation sites is 1. The first-order valence-corrected chi connectivity index (χ1v) is 8.95. The number of rotatable bonds is 3. The average Bonchev–Trinajstić information content (AvgIpc) is 2.69. The third kappa shape index (κ3) is 3.84. The van der Waals surface area contributed by atoms with Gasteiger partial charge in [0.05, 0.1) is 12.6 Å². The first-order chi connectivity index (χ1) is 12.3. The number of ether oxygens (including phenoxy) is 1. The van der Waals surface area contributed by atoms with Gasteiger partial charge in [-0.1, -0.05) is 24.3 Å². The lowest BCUT2D eigenvalue weighted by molar-refractivity contribution is -0.135. The molecule has 0 bridgehead atoms. The van der Waals surface area contributed by atoms with Crippen molar-refractivity contribution in [2.24, 2.45) is 0 Å². The van der Waals surface area contributed by atoms with E-state index in [1.807, 2.05) is 35.4 Å². The van der Waals surface area contributed by atoms with Crippen molar-refractivity contribution >= 4 is 18.3 Å². The number of pyridine rings is 1. The molecule has 0 aliphatic carbocycles. The van der Waals surface area contributed by atoms with Crippen molar-refractivity contribution in [2.75, 3.05) is 26.2 Å². The lowest BCUT2D eigenvalue weighted by Gasteiger charge is -2.37. The van der Waals surface area contributed by atoms with Gasteiger partial charge in [0.2, 0.25) is 5.91 Å². The molecule has 0 saturated carbocycles. The summed E-state index contributed by atoms with van der Waals surface area (Å²) in [6.45, 7) is 3.04. The molecule has 1 amide bonds. The molecule has 5 nitrogen and oxygen atoms in total. The molecule has 1 saturated heterocycles. The Balaban J connectivity index is 0.00000196. The molecule has 1 aromatic heterocycles. The number of nitrogens with one attached hydrogen (secondary N) is 1. The number of carbonyl (C=O) groups excluding carboxylic acids is 1. The zero-order valence-corrected chi connectivity index (χ0v) is 15.5. The minimum atomic E-state index is 0. The van der Waals surface area contributed by atoms with Crippen molar-refractivity contribution in [3.63, 3.8) is 0 Å². The second-order valence-corrected chi connectivity index (χ2v) is 6.67. The third-order valence-electron chi connectivity index (χ3n) is 5.14. The Morgan fingerprint density at radius 3 is 3.00 bits per heavy atom. The summed E-state index contributed by atoms with van der Waals surface area (Å²) >= 11 is 0. The summed E-state index contributed by atoms with van der Waals surface area (Å²) in [7, 11) is 0. The molecule has 3 heterocycles. The summed E-state index contributed by atoms with van der Waals surface area (Å²) in [4.78, 5) is 19.3. The van der Waals surface area contributed by atoms with E-state index in [9.17, 15) is 4.79 Å². The van der Waals surface area contributed by atoms with Gasteiger partial charge in [-0.25, -0.2) is 0 Å². The quantitative estimate of drug-likeness (QED) is 0.898. The van der Waals surface area contributed by atoms with Gasteiger partial charge in [0.15, 0.2) is 0 Å². The third-order valence-corrected chi connectivity index (χ3v) is 5.14.